The largest absolute Gasteiger partial charge is 0.504 e. The van der Waals surface area contributed by atoms with Crippen LogP contribution in [0.15, 0.2) is 30.3 Å². The summed E-state index contributed by atoms with van der Waals surface area (Å²) in [6, 6.07) is 6.11. The first-order valence-electron chi connectivity index (χ1n) is 6.65. The fourth-order valence-corrected chi connectivity index (χ4v) is 1.91. The Balaban J connectivity index is 2.38. The van der Waals surface area contributed by atoms with Crippen LogP contribution in [-0.4, -0.2) is 11.7 Å². The molecule has 112 valence electrons. The molecule has 21 heavy (non-hydrogen) atoms. The highest BCUT2D eigenvalue weighted by Gasteiger charge is 2.18. The van der Waals surface area contributed by atoms with Crippen molar-refractivity contribution in [3.63, 3.8) is 0 Å². The second-order valence-corrected chi connectivity index (χ2v) is 4.58. The van der Waals surface area contributed by atoms with Crippen LogP contribution in [0.1, 0.15) is 19.8 Å². The molecule has 0 aliphatic carbocycles. The van der Waals surface area contributed by atoms with E-state index in [4.69, 9.17) is 4.74 Å². The number of rotatable bonds is 5. The van der Waals surface area contributed by atoms with Gasteiger partial charge in [0.2, 0.25) is 5.82 Å². The van der Waals surface area contributed by atoms with Crippen molar-refractivity contribution in [2.24, 2.45) is 0 Å². The molecule has 0 aromatic heterocycles. The molecule has 0 aliphatic heterocycles. The summed E-state index contributed by atoms with van der Waals surface area (Å²) in [4.78, 5) is 0. The number of aromatic hydroxyl groups is 1. The summed E-state index contributed by atoms with van der Waals surface area (Å²) in [6.07, 6.45) is 1.64. The fraction of sp³-hybridized carbons (Fsp3) is 0.250. The maximum absolute atomic E-state index is 14.0. The van der Waals surface area contributed by atoms with E-state index in [1.807, 2.05) is 6.92 Å². The molecular formula is C16H15F3O2. The van der Waals surface area contributed by atoms with Gasteiger partial charge < -0.3 is 9.84 Å². The zero-order chi connectivity index (χ0) is 15.4. The van der Waals surface area contributed by atoms with Crippen LogP contribution in [0.2, 0.25) is 0 Å². The lowest BCUT2D eigenvalue weighted by molar-refractivity contribution is 0.288. The van der Waals surface area contributed by atoms with E-state index in [0.29, 0.717) is 6.61 Å². The van der Waals surface area contributed by atoms with Crippen molar-refractivity contribution >= 4 is 0 Å². The van der Waals surface area contributed by atoms with E-state index in [0.717, 1.165) is 18.9 Å². The molecule has 2 aromatic rings. The van der Waals surface area contributed by atoms with E-state index >= 15 is 0 Å². The van der Waals surface area contributed by atoms with Crippen LogP contribution in [0.4, 0.5) is 13.2 Å². The van der Waals surface area contributed by atoms with Gasteiger partial charge in [0, 0.05) is 11.1 Å². The third-order valence-corrected chi connectivity index (χ3v) is 3.08. The molecule has 2 rings (SSSR count). The van der Waals surface area contributed by atoms with E-state index in [1.54, 1.807) is 0 Å². The van der Waals surface area contributed by atoms with Crippen molar-refractivity contribution in [2.45, 2.75) is 19.8 Å². The van der Waals surface area contributed by atoms with Crippen molar-refractivity contribution in [1.82, 2.24) is 0 Å². The van der Waals surface area contributed by atoms with Gasteiger partial charge in [-0.3, -0.25) is 0 Å². The Morgan fingerprint density at radius 3 is 2.48 bits per heavy atom. The highest BCUT2D eigenvalue weighted by atomic mass is 19.2. The van der Waals surface area contributed by atoms with Crippen LogP contribution >= 0.6 is 0 Å². The Hall–Kier alpha value is -2.17. The van der Waals surface area contributed by atoms with E-state index in [9.17, 15) is 18.3 Å². The normalized spacial score (nSPS) is 10.7. The van der Waals surface area contributed by atoms with Crippen LogP contribution in [0.25, 0.3) is 11.1 Å². The number of benzene rings is 2. The van der Waals surface area contributed by atoms with Gasteiger partial charge >= 0.3 is 0 Å². The molecule has 0 unspecified atom stereocenters. The molecule has 0 radical (unpaired) electrons. The molecule has 0 amide bonds. The maximum Gasteiger partial charge on any atom is 0.207 e. The van der Waals surface area contributed by atoms with Crippen LogP contribution in [0, 0.1) is 17.5 Å². The first-order valence-corrected chi connectivity index (χ1v) is 6.65. The second kappa shape index (κ2) is 6.52. The average Bonchev–Trinajstić information content (AvgIpc) is 2.47. The number of phenols is 1. The van der Waals surface area contributed by atoms with Crippen molar-refractivity contribution in [1.29, 1.82) is 0 Å². The van der Waals surface area contributed by atoms with Crippen molar-refractivity contribution in [3.05, 3.63) is 47.8 Å². The third kappa shape index (κ3) is 3.12. The van der Waals surface area contributed by atoms with Crippen LogP contribution in [0.3, 0.4) is 0 Å². The lowest BCUT2D eigenvalue weighted by atomic mass is 10.0. The molecule has 0 fully saturated rings. The average molecular weight is 296 g/mol. The number of hydrogen-bond acceptors (Lipinski definition) is 2. The lowest BCUT2D eigenvalue weighted by Crippen LogP contribution is -1.99. The second-order valence-electron chi connectivity index (χ2n) is 4.58. The van der Waals surface area contributed by atoms with Crippen LogP contribution in [-0.2, 0) is 0 Å². The molecule has 5 heteroatoms. The van der Waals surface area contributed by atoms with Crippen molar-refractivity contribution in [2.75, 3.05) is 6.61 Å². The van der Waals surface area contributed by atoms with Gasteiger partial charge in [-0.25, -0.2) is 8.78 Å². The number of halogens is 3. The van der Waals surface area contributed by atoms with Gasteiger partial charge in [0.1, 0.15) is 0 Å². The summed E-state index contributed by atoms with van der Waals surface area (Å²) < 4.78 is 46.1. The molecule has 2 nitrogen and oxygen atoms in total. The molecule has 0 saturated heterocycles. The standard InChI is InChI=1S/C16H15F3O2/c1-2-3-9-21-13-8-7-11(16(20)15(13)19)10-5-4-6-12(17)14(10)18/h4-8,20H,2-3,9H2,1H3. The predicted octanol–water partition coefficient (Wildman–Crippen LogP) is 4.66. The lowest BCUT2D eigenvalue weighted by Gasteiger charge is -2.11. The Morgan fingerprint density at radius 2 is 1.76 bits per heavy atom. The molecule has 0 heterocycles. The zero-order valence-corrected chi connectivity index (χ0v) is 11.5. The molecule has 0 aliphatic rings. The Labute approximate surface area is 120 Å². The maximum atomic E-state index is 14.0. The summed E-state index contributed by atoms with van der Waals surface area (Å²) in [7, 11) is 0. The monoisotopic (exact) mass is 296 g/mol. The Kier molecular flexibility index (Phi) is 4.73. The number of unbranched alkanes of at least 4 members (excludes halogenated alkanes) is 1. The summed E-state index contributed by atoms with van der Waals surface area (Å²) in [5, 5.41) is 9.86. The van der Waals surface area contributed by atoms with E-state index in [1.165, 1.54) is 24.3 Å². The van der Waals surface area contributed by atoms with Gasteiger partial charge in [-0.05, 0) is 24.6 Å². The van der Waals surface area contributed by atoms with Crippen LogP contribution in [0.5, 0.6) is 11.5 Å². The van der Waals surface area contributed by atoms with Gasteiger partial charge in [-0.1, -0.05) is 25.5 Å². The molecule has 0 atom stereocenters. The molecular weight excluding hydrogens is 281 g/mol. The summed E-state index contributed by atoms with van der Waals surface area (Å²) in [6.45, 7) is 2.29. The molecule has 2 aromatic carbocycles. The predicted molar refractivity (Wildman–Crippen MR) is 73.8 cm³/mol. The quantitative estimate of drug-likeness (QED) is 0.813. The SMILES string of the molecule is CCCCOc1ccc(-c2cccc(F)c2F)c(O)c1F. The van der Waals surface area contributed by atoms with Crippen molar-refractivity contribution < 1.29 is 23.0 Å². The smallest absolute Gasteiger partial charge is 0.207 e. The Morgan fingerprint density at radius 1 is 1.00 bits per heavy atom. The number of phenolic OH excluding ortho intramolecular Hbond substituents is 1. The molecule has 0 saturated carbocycles. The third-order valence-electron chi connectivity index (χ3n) is 3.08. The summed E-state index contributed by atoms with van der Waals surface area (Å²) in [5.41, 5.74) is -0.321. The zero-order valence-electron chi connectivity index (χ0n) is 11.5. The first kappa shape index (κ1) is 15.2. The number of hydrogen-bond donors (Lipinski definition) is 1. The highest BCUT2D eigenvalue weighted by Crippen LogP contribution is 2.37. The van der Waals surface area contributed by atoms with Gasteiger partial charge in [-0.15, -0.1) is 0 Å². The number of ether oxygens (including phenoxy) is 1. The van der Waals surface area contributed by atoms with E-state index in [2.05, 4.69) is 0 Å². The minimum atomic E-state index is -1.13. The van der Waals surface area contributed by atoms with E-state index < -0.39 is 23.2 Å². The minimum absolute atomic E-state index is 0.110. The molecule has 1 N–H and O–H groups in total. The molecule has 0 spiro atoms. The highest BCUT2D eigenvalue weighted by molar-refractivity contribution is 5.72. The van der Waals surface area contributed by atoms with Gasteiger partial charge in [0.05, 0.1) is 6.61 Å². The minimum Gasteiger partial charge on any atom is -0.504 e. The topological polar surface area (TPSA) is 29.5 Å². The van der Waals surface area contributed by atoms with Crippen LogP contribution < -0.4 is 4.74 Å². The first-order chi connectivity index (χ1) is 10.1. The van der Waals surface area contributed by atoms with Gasteiger partial charge in [-0.2, -0.15) is 4.39 Å². The van der Waals surface area contributed by atoms with Gasteiger partial charge in [0.25, 0.3) is 0 Å². The molecule has 0 bridgehead atoms. The van der Waals surface area contributed by atoms with Crippen molar-refractivity contribution in [3.8, 4) is 22.6 Å². The Bertz CT molecular complexity index is 642. The summed E-state index contributed by atoms with van der Waals surface area (Å²) >= 11 is 0. The van der Waals surface area contributed by atoms with Gasteiger partial charge in [0.15, 0.2) is 23.1 Å². The van der Waals surface area contributed by atoms with E-state index in [-0.39, 0.29) is 16.9 Å². The fourth-order valence-electron chi connectivity index (χ4n) is 1.91. The summed E-state index contributed by atoms with van der Waals surface area (Å²) in [5.74, 6) is -4.04.